The first-order valence-corrected chi connectivity index (χ1v) is 7.27. The Balaban J connectivity index is 2.01. The van der Waals surface area contributed by atoms with Crippen LogP contribution >= 0.6 is 23.2 Å². The lowest BCUT2D eigenvalue weighted by Crippen LogP contribution is -2.37. The quantitative estimate of drug-likeness (QED) is 0.837. The molecule has 0 radical (unpaired) electrons. The van der Waals surface area contributed by atoms with E-state index in [0.717, 1.165) is 31.7 Å². The normalized spacial score (nSPS) is 17.4. The van der Waals surface area contributed by atoms with Crippen molar-refractivity contribution in [1.82, 2.24) is 5.32 Å². The summed E-state index contributed by atoms with van der Waals surface area (Å²) in [5, 5.41) is 3.07. The molecule has 1 aliphatic carbocycles. The summed E-state index contributed by atoms with van der Waals surface area (Å²) in [6.07, 6.45) is 4.30. The number of rotatable bonds is 4. The molecular weight excluding hydrogens is 288 g/mol. The molecule has 0 aliphatic heterocycles. The number of amides is 1. The van der Waals surface area contributed by atoms with Crippen LogP contribution in [0.15, 0.2) is 18.2 Å². The monoisotopic (exact) mass is 303 g/mol. The topological polar surface area (TPSA) is 29.1 Å². The van der Waals surface area contributed by atoms with E-state index in [1.807, 2.05) is 0 Å². The highest BCUT2D eigenvalue weighted by Crippen LogP contribution is 2.38. The predicted molar refractivity (Wildman–Crippen MR) is 75.4 cm³/mol. The maximum atomic E-state index is 13.6. The average Bonchev–Trinajstić information content (AvgIpc) is 2.85. The number of alkyl halides is 1. The molecule has 1 amide bonds. The van der Waals surface area contributed by atoms with Crippen molar-refractivity contribution < 1.29 is 9.18 Å². The van der Waals surface area contributed by atoms with E-state index in [1.54, 1.807) is 0 Å². The van der Waals surface area contributed by atoms with Gasteiger partial charge in [-0.05, 0) is 31.0 Å². The molecule has 19 heavy (non-hydrogen) atoms. The third kappa shape index (κ3) is 3.40. The van der Waals surface area contributed by atoms with Gasteiger partial charge >= 0.3 is 0 Å². The predicted octanol–water partition coefficient (Wildman–Crippen LogP) is 4.01. The average molecular weight is 304 g/mol. The molecule has 1 fully saturated rings. The van der Waals surface area contributed by atoms with Gasteiger partial charge in [-0.2, -0.15) is 0 Å². The molecule has 2 nitrogen and oxygen atoms in total. The number of nitrogens with one attached hydrogen (secondary N) is 1. The summed E-state index contributed by atoms with van der Waals surface area (Å²) in [6, 6.07) is 4.05. The van der Waals surface area contributed by atoms with E-state index in [4.69, 9.17) is 23.2 Å². The molecule has 0 aromatic heterocycles. The highest BCUT2D eigenvalue weighted by molar-refractivity contribution is 6.30. The van der Waals surface area contributed by atoms with Crippen molar-refractivity contribution in [2.75, 3.05) is 12.4 Å². The van der Waals surface area contributed by atoms with Crippen LogP contribution in [0.5, 0.6) is 0 Å². The fourth-order valence-corrected chi connectivity index (χ4v) is 3.04. The van der Waals surface area contributed by atoms with Crippen LogP contribution in [0.4, 0.5) is 4.39 Å². The first kappa shape index (κ1) is 14.6. The van der Waals surface area contributed by atoms with Gasteiger partial charge in [0.15, 0.2) is 0 Å². The van der Waals surface area contributed by atoms with Gasteiger partial charge in [0.1, 0.15) is 5.82 Å². The summed E-state index contributed by atoms with van der Waals surface area (Å²) in [5.74, 6) is -0.488. The molecule has 0 bridgehead atoms. The first-order chi connectivity index (χ1) is 9.06. The van der Waals surface area contributed by atoms with Gasteiger partial charge in [-0.15, -0.1) is 11.6 Å². The lowest BCUT2D eigenvalue weighted by molar-refractivity contribution is 0.0931. The van der Waals surface area contributed by atoms with Crippen LogP contribution in [0.25, 0.3) is 0 Å². The smallest absolute Gasteiger partial charge is 0.254 e. The van der Waals surface area contributed by atoms with Crippen LogP contribution in [0, 0.1) is 11.2 Å². The van der Waals surface area contributed by atoms with Gasteiger partial charge in [0, 0.05) is 22.9 Å². The zero-order valence-electron chi connectivity index (χ0n) is 10.5. The van der Waals surface area contributed by atoms with Crippen molar-refractivity contribution in [2.24, 2.45) is 5.41 Å². The summed E-state index contributed by atoms with van der Waals surface area (Å²) in [5.41, 5.74) is -0.00718. The number of hydrogen-bond acceptors (Lipinski definition) is 1. The molecule has 1 aliphatic rings. The Morgan fingerprint density at radius 1 is 1.37 bits per heavy atom. The van der Waals surface area contributed by atoms with Gasteiger partial charge in [-0.1, -0.05) is 24.4 Å². The molecule has 0 saturated heterocycles. The van der Waals surface area contributed by atoms with Crippen molar-refractivity contribution in [3.63, 3.8) is 0 Å². The summed E-state index contributed by atoms with van der Waals surface area (Å²) in [7, 11) is 0. The molecule has 1 aromatic rings. The largest absolute Gasteiger partial charge is 0.351 e. The van der Waals surface area contributed by atoms with Crippen LogP contribution in [-0.2, 0) is 0 Å². The standard InChI is InChI=1S/C14H16Cl2FNO/c15-8-14(5-1-2-6-14)9-18-13(19)11-4-3-10(16)7-12(11)17/h3-4,7H,1-2,5-6,8-9H2,(H,18,19). The minimum absolute atomic E-state index is 0.0205. The van der Waals surface area contributed by atoms with E-state index in [0.29, 0.717) is 12.4 Å². The van der Waals surface area contributed by atoms with Gasteiger partial charge in [0.25, 0.3) is 5.91 Å². The Morgan fingerprint density at radius 2 is 2.05 bits per heavy atom. The Kier molecular flexibility index (Phi) is 4.69. The highest BCUT2D eigenvalue weighted by atomic mass is 35.5. The summed E-state index contributed by atoms with van der Waals surface area (Å²) in [4.78, 5) is 12.0. The fourth-order valence-electron chi connectivity index (χ4n) is 2.52. The van der Waals surface area contributed by atoms with E-state index in [1.165, 1.54) is 12.1 Å². The van der Waals surface area contributed by atoms with Crippen LogP contribution in [0.2, 0.25) is 5.02 Å². The van der Waals surface area contributed by atoms with E-state index >= 15 is 0 Å². The first-order valence-electron chi connectivity index (χ1n) is 6.36. The summed E-state index contributed by atoms with van der Waals surface area (Å²) < 4.78 is 13.6. The molecule has 0 spiro atoms. The van der Waals surface area contributed by atoms with Gasteiger partial charge in [0.2, 0.25) is 0 Å². The van der Waals surface area contributed by atoms with Crippen molar-refractivity contribution in [2.45, 2.75) is 25.7 Å². The SMILES string of the molecule is O=C(NCC1(CCl)CCCC1)c1ccc(Cl)cc1F. The lowest BCUT2D eigenvalue weighted by atomic mass is 9.88. The van der Waals surface area contributed by atoms with Crippen LogP contribution in [0.3, 0.4) is 0 Å². The van der Waals surface area contributed by atoms with Gasteiger partial charge in [0.05, 0.1) is 5.56 Å². The Hall–Kier alpha value is -0.800. The molecule has 5 heteroatoms. The molecule has 0 atom stereocenters. The Bertz CT molecular complexity index is 473. The van der Waals surface area contributed by atoms with Crippen molar-refractivity contribution in [3.05, 3.63) is 34.6 Å². The van der Waals surface area contributed by atoms with Crippen LogP contribution in [0.1, 0.15) is 36.0 Å². The van der Waals surface area contributed by atoms with Gasteiger partial charge in [-0.25, -0.2) is 4.39 Å². The van der Waals surface area contributed by atoms with E-state index in [9.17, 15) is 9.18 Å². The van der Waals surface area contributed by atoms with E-state index in [2.05, 4.69) is 5.32 Å². The van der Waals surface area contributed by atoms with Crippen LogP contribution < -0.4 is 5.32 Å². The maximum absolute atomic E-state index is 13.6. The lowest BCUT2D eigenvalue weighted by Gasteiger charge is -2.26. The molecule has 0 unspecified atom stereocenters. The third-order valence-electron chi connectivity index (χ3n) is 3.75. The number of benzene rings is 1. The fraction of sp³-hybridized carbons (Fsp3) is 0.500. The summed E-state index contributed by atoms with van der Waals surface area (Å²) >= 11 is 11.7. The molecule has 2 rings (SSSR count). The van der Waals surface area contributed by atoms with Gasteiger partial charge in [-0.3, -0.25) is 4.79 Å². The van der Waals surface area contributed by atoms with E-state index in [-0.39, 0.29) is 16.0 Å². The van der Waals surface area contributed by atoms with Crippen molar-refractivity contribution >= 4 is 29.1 Å². The number of carbonyl (C=O) groups is 1. The molecular formula is C14H16Cl2FNO. The third-order valence-corrected chi connectivity index (χ3v) is 4.55. The van der Waals surface area contributed by atoms with Gasteiger partial charge < -0.3 is 5.32 Å². The zero-order chi connectivity index (χ0) is 13.9. The van der Waals surface area contributed by atoms with E-state index < -0.39 is 11.7 Å². The zero-order valence-corrected chi connectivity index (χ0v) is 12.0. The minimum Gasteiger partial charge on any atom is -0.351 e. The highest BCUT2D eigenvalue weighted by Gasteiger charge is 2.33. The van der Waals surface area contributed by atoms with Crippen molar-refractivity contribution in [1.29, 1.82) is 0 Å². The Morgan fingerprint density at radius 3 is 2.63 bits per heavy atom. The second-order valence-corrected chi connectivity index (χ2v) is 5.85. The second kappa shape index (κ2) is 6.10. The number of carbonyl (C=O) groups excluding carboxylic acids is 1. The Labute approximate surface area is 122 Å². The molecule has 1 saturated carbocycles. The van der Waals surface area contributed by atoms with Crippen LogP contribution in [-0.4, -0.2) is 18.3 Å². The summed E-state index contributed by atoms with van der Waals surface area (Å²) in [6.45, 7) is 0.497. The molecule has 104 valence electrons. The second-order valence-electron chi connectivity index (χ2n) is 5.15. The minimum atomic E-state index is -0.601. The number of hydrogen-bond donors (Lipinski definition) is 1. The number of halogens is 3. The molecule has 1 N–H and O–H groups in total. The maximum Gasteiger partial charge on any atom is 0.254 e. The molecule has 0 heterocycles. The molecule has 1 aromatic carbocycles. The van der Waals surface area contributed by atoms with Crippen molar-refractivity contribution in [3.8, 4) is 0 Å².